The molecule has 2 rings (SSSR count). The molecule has 4 nitrogen and oxygen atoms in total. The van der Waals surface area contributed by atoms with Gasteiger partial charge in [-0.05, 0) is 17.9 Å². The number of urea groups is 1. The number of halogens is 1. The molecule has 0 bridgehead atoms. The van der Waals surface area contributed by atoms with E-state index < -0.39 is 6.67 Å². The maximum atomic E-state index is 12.0. The van der Waals surface area contributed by atoms with Crippen molar-refractivity contribution in [1.29, 1.82) is 0 Å². The van der Waals surface area contributed by atoms with Gasteiger partial charge >= 0.3 is 6.03 Å². The third kappa shape index (κ3) is 5.01. The topological polar surface area (TPSA) is 44.4 Å². The zero-order valence-electron chi connectivity index (χ0n) is 12.5. The van der Waals surface area contributed by atoms with Crippen LogP contribution in [0.3, 0.4) is 0 Å². The molecular formula is C16H24FN3O. The molecule has 2 amide bonds. The predicted octanol–water partition coefficient (Wildman–Crippen LogP) is 2.17. The molecule has 0 spiro atoms. The molecule has 1 aliphatic heterocycles. The average molecular weight is 293 g/mol. The number of hydrogen-bond donors (Lipinski definition) is 2. The summed E-state index contributed by atoms with van der Waals surface area (Å²) in [4.78, 5) is 14.1. The maximum Gasteiger partial charge on any atom is 0.315 e. The number of hydrogen-bond acceptors (Lipinski definition) is 2. The molecule has 2 unspecified atom stereocenters. The molecule has 116 valence electrons. The van der Waals surface area contributed by atoms with Crippen LogP contribution in [0.2, 0.25) is 0 Å². The molecule has 1 saturated heterocycles. The number of alkyl halides is 1. The number of carbonyl (C=O) groups is 1. The smallest absolute Gasteiger partial charge is 0.315 e. The SMILES string of the molecule is CC1CN(Cc2ccccc2)CC1NC(=O)NCCCF. The molecule has 21 heavy (non-hydrogen) atoms. The first-order valence-corrected chi connectivity index (χ1v) is 7.55. The molecule has 0 radical (unpaired) electrons. The molecule has 1 aromatic carbocycles. The van der Waals surface area contributed by atoms with Crippen LogP contribution in [0.1, 0.15) is 18.9 Å². The molecule has 1 aromatic rings. The van der Waals surface area contributed by atoms with Gasteiger partial charge in [-0.15, -0.1) is 0 Å². The zero-order valence-corrected chi connectivity index (χ0v) is 12.5. The first-order chi connectivity index (χ1) is 10.2. The Morgan fingerprint density at radius 3 is 2.81 bits per heavy atom. The van der Waals surface area contributed by atoms with E-state index in [1.165, 1.54) is 5.56 Å². The Morgan fingerprint density at radius 2 is 2.10 bits per heavy atom. The van der Waals surface area contributed by atoms with E-state index in [2.05, 4.69) is 34.6 Å². The number of amides is 2. The van der Waals surface area contributed by atoms with Crippen molar-refractivity contribution in [3.63, 3.8) is 0 Å². The van der Waals surface area contributed by atoms with Crippen molar-refractivity contribution >= 4 is 6.03 Å². The van der Waals surface area contributed by atoms with Crippen molar-refractivity contribution in [1.82, 2.24) is 15.5 Å². The summed E-state index contributed by atoms with van der Waals surface area (Å²) in [6.45, 7) is 4.88. The minimum Gasteiger partial charge on any atom is -0.338 e. The molecule has 1 aliphatic rings. The lowest BCUT2D eigenvalue weighted by molar-refractivity contribution is 0.234. The molecule has 1 fully saturated rings. The Hall–Kier alpha value is -1.62. The van der Waals surface area contributed by atoms with Gasteiger partial charge in [0.25, 0.3) is 0 Å². The van der Waals surface area contributed by atoms with Crippen molar-refractivity contribution in [3.05, 3.63) is 35.9 Å². The highest BCUT2D eigenvalue weighted by Gasteiger charge is 2.30. The van der Waals surface area contributed by atoms with Crippen LogP contribution in [0.25, 0.3) is 0 Å². The number of likely N-dealkylation sites (tertiary alicyclic amines) is 1. The van der Waals surface area contributed by atoms with Crippen LogP contribution < -0.4 is 10.6 Å². The Kier molecular flexibility index (Phi) is 5.99. The summed E-state index contributed by atoms with van der Waals surface area (Å²) in [5, 5.41) is 5.68. The van der Waals surface area contributed by atoms with Crippen molar-refractivity contribution in [2.45, 2.75) is 25.9 Å². The molecule has 2 atom stereocenters. The van der Waals surface area contributed by atoms with Crippen molar-refractivity contribution < 1.29 is 9.18 Å². The average Bonchev–Trinajstić information content (AvgIpc) is 2.80. The summed E-state index contributed by atoms with van der Waals surface area (Å²) in [7, 11) is 0. The molecule has 1 heterocycles. The molecule has 0 aliphatic carbocycles. The van der Waals surface area contributed by atoms with Gasteiger partial charge in [-0.3, -0.25) is 9.29 Å². The Morgan fingerprint density at radius 1 is 1.33 bits per heavy atom. The Balaban J connectivity index is 1.77. The summed E-state index contributed by atoms with van der Waals surface area (Å²) in [6.07, 6.45) is 0.369. The number of benzene rings is 1. The monoisotopic (exact) mass is 293 g/mol. The summed E-state index contributed by atoms with van der Waals surface area (Å²) in [6, 6.07) is 10.3. The summed E-state index contributed by atoms with van der Waals surface area (Å²) in [5.74, 6) is 0.417. The van der Waals surface area contributed by atoms with Gasteiger partial charge in [0.15, 0.2) is 0 Å². The van der Waals surface area contributed by atoms with E-state index in [4.69, 9.17) is 0 Å². The van der Waals surface area contributed by atoms with Gasteiger partial charge in [-0.25, -0.2) is 4.79 Å². The fraction of sp³-hybridized carbons (Fsp3) is 0.562. The zero-order chi connectivity index (χ0) is 15.1. The summed E-state index contributed by atoms with van der Waals surface area (Å²) < 4.78 is 12.0. The minimum atomic E-state index is -0.398. The van der Waals surface area contributed by atoms with Gasteiger partial charge in [0, 0.05) is 32.2 Å². The largest absolute Gasteiger partial charge is 0.338 e. The highest BCUT2D eigenvalue weighted by molar-refractivity contribution is 5.74. The fourth-order valence-electron chi connectivity index (χ4n) is 2.71. The van der Waals surface area contributed by atoms with Gasteiger partial charge < -0.3 is 10.6 Å². The van der Waals surface area contributed by atoms with Crippen LogP contribution in [-0.4, -0.2) is 43.3 Å². The molecule has 0 aromatic heterocycles. The van der Waals surface area contributed by atoms with Crippen LogP contribution in [0.4, 0.5) is 9.18 Å². The lowest BCUT2D eigenvalue weighted by atomic mass is 10.1. The van der Waals surface area contributed by atoms with Crippen LogP contribution in [-0.2, 0) is 6.54 Å². The second kappa shape index (κ2) is 7.98. The van der Waals surface area contributed by atoms with E-state index in [0.29, 0.717) is 18.9 Å². The van der Waals surface area contributed by atoms with Crippen LogP contribution in [0.5, 0.6) is 0 Å². The van der Waals surface area contributed by atoms with Crippen LogP contribution in [0, 0.1) is 5.92 Å². The Labute approximate surface area is 125 Å². The van der Waals surface area contributed by atoms with E-state index in [1.54, 1.807) is 0 Å². The minimum absolute atomic E-state index is 0.152. The molecular weight excluding hydrogens is 269 g/mol. The second-order valence-corrected chi connectivity index (χ2v) is 5.71. The van der Waals surface area contributed by atoms with Crippen molar-refractivity contribution in [2.75, 3.05) is 26.3 Å². The summed E-state index contributed by atoms with van der Waals surface area (Å²) in [5.41, 5.74) is 1.29. The highest BCUT2D eigenvalue weighted by atomic mass is 19.1. The first-order valence-electron chi connectivity index (χ1n) is 7.55. The van der Waals surface area contributed by atoms with Crippen molar-refractivity contribution in [3.8, 4) is 0 Å². The number of rotatable bonds is 6. The number of nitrogens with one attached hydrogen (secondary N) is 2. The van der Waals surface area contributed by atoms with Crippen LogP contribution >= 0.6 is 0 Å². The highest BCUT2D eigenvalue weighted by Crippen LogP contribution is 2.18. The van der Waals surface area contributed by atoms with Gasteiger partial charge in [-0.1, -0.05) is 37.3 Å². The molecule has 0 saturated carbocycles. The van der Waals surface area contributed by atoms with E-state index in [9.17, 15) is 9.18 Å². The third-order valence-electron chi connectivity index (χ3n) is 3.85. The normalized spacial score (nSPS) is 22.2. The first kappa shape index (κ1) is 15.8. The summed E-state index contributed by atoms with van der Waals surface area (Å²) >= 11 is 0. The third-order valence-corrected chi connectivity index (χ3v) is 3.85. The lowest BCUT2D eigenvalue weighted by Gasteiger charge is -2.17. The fourth-order valence-corrected chi connectivity index (χ4v) is 2.71. The maximum absolute atomic E-state index is 12.0. The number of carbonyl (C=O) groups excluding carboxylic acids is 1. The predicted molar refractivity (Wildman–Crippen MR) is 81.8 cm³/mol. The van der Waals surface area contributed by atoms with E-state index in [1.807, 2.05) is 18.2 Å². The standard InChI is InChI=1S/C16H24FN3O/c1-13-10-20(11-14-6-3-2-4-7-14)12-15(13)19-16(21)18-9-5-8-17/h2-4,6-7,13,15H,5,8-12H2,1H3,(H2,18,19,21). The quantitative estimate of drug-likeness (QED) is 0.790. The van der Waals surface area contributed by atoms with Gasteiger partial charge in [-0.2, -0.15) is 0 Å². The number of nitrogens with zero attached hydrogens (tertiary/aromatic N) is 1. The van der Waals surface area contributed by atoms with Gasteiger partial charge in [0.05, 0.1) is 6.67 Å². The lowest BCUT2D eigenvalue weighted by Crippen LogP contribution is -2.45. The molecule has 5 heteroatoms. The van der Waals surface area contributed by atoms with Gasteiger partial charge in [0.2, 0.25) is 0 Å². The molecule has 2 N–H and O–H groups in total. The van der Waals surface area contributed by atoms with Gasteiger partial charge in [0.1, 0.15) is 0 Å². The van der Waals surface area contributed by atoms with E-state index >= 15 is 0 Å². The van der Waals surface area contributed by atoms with E-state index in [0.717, 1.165) is 19.6 Å². The van der Waals surface area contributed by atoms with E-state index in [-0.39, 0.29) is 12.1 Å². The Bertz CT molecular complexity index is 440. The van der Waals surface area contributed by atoms with Crippen molar-refractivity contribution in [2.24, 2.45) is 5.92 Å². The van der Waals surface area contributed by atoms with Crippen LogP contribution in [0.15, 0.2) is 30.3 Å². The second-order valence-electron chi connectivity index (χ2n) is 5.71.